The predicted molar refractivity (Wildman–Crippen MR) is 180 cm³/mol. The molecule has 1 N–H and O–H groups in total. The second-order valence-corrected chi connectivity index (χ2v) is 11.4. The number of piperazine rings is 1. The first-order valence-electron chi connectivity index (χ1n) is 15.2. The molecular formula is C35H42N6O4. The molecule has 0 unspecified atom stereocenters. The number of hydrogen-bond acceptors (Lipinski definition) is 9. The van der Waals surface area contributed by atoms with Gasteiger partial charge in [-0.3, -0.25) is 9.80 Å². The van der Waals surface area contributed by atoms with Crippen LogP contribution in [0.3, 0.4) is 0 Å². The van der Waals surface area contributed by atoms with Crippen LogP contribution in [-0.2, 0) is 0 Å². The zero-order chi connectivity index (χ0) is 32.1. The Balaban J connectivity index is 1.40. The maximum absolute atomic E-state index is 13.4. The SMILES string of the molecule is COc1ccc(OC)c(N(C)C(=O)Oc2cc(-c3cccc(C)c3C)nc(Nc3ccc(N4CCN(C(C)C)CC4)cc3)n2)c1. The van der Waals surface area contributed by atoms with E-state index in [1.807, 2.05) is 31.2 Å². The summed E-state index contributed by atoms with van der Waals surface area (Å²) >= 11 is 0. The Kier molecular flexibility index (Phi) is 9.73. The highest BCUT2D eigenvalue weighted by atomic mass is 16.6. The zero-order valence-electron chi connectivity index (χ0n) is 27.1. The average Bonchev–Trinajstić information content (AvgIpc) is 3.05. The van der Waals surface area contributed by atoms with Crippen molar-refractivity contribution in [3.63, 3.8) is 0 Å². The first-order chi connectivity index (χ1) is 21.7. The van der Waals surface area contributed by atoms with Crippen molar-refractivity contribution < 1.29 is 19.0 Å². The first kappa shape index (κ1) is 31.6. The summed E-state index contributed by atoms with van der Waals surface area (Å²) in [5.74, 6) is 1.51. The Labute approximate surface area is 265 Å². The largest absolute Gasteiger partial charge is 0.497 e. The van der Waals surface area contributed by atoms with Crippen molar-refractivity contribution in [1.29, 1.82) is 0 Å². The van der Waals surface area contributed by atoms with Crippen molar-refractivity contribution in [3.8, 4) is 28.6 Å². The van der Waals surface area contributed by atoms with Crippen molar-refractivity contribution in [2.45, 2.75) is 33.7 Å². The minimum atomic E-state index is -0.639. The Morgan fingerprint density at radius 3 is 2.31 bits per heavy atom. The molecule has 10 heteroatoms. The van der Waals surface area contributed by atoms with Gasteiger partial charge in [0.1, 0.15) is 11.5 Å². The standard InChI is InChI=1S/C35H42N6O4/c1-23(2)40-17-19-41(20-18-40)27-13-11-26(12-14-27)36-34-37-30(29-10-8-9-24(3)25(29)4)22-33(38-34)45-35(42)39(5)31-21-28(43-6)15-16-32(31)44-7/h8-16,21-23H,17-20H2,1-7H3,(H,36,37,38). The van der Waals surface area contributed by atoms with E-state index >= 15 is 0 Å². The van der Waals surface area contributed by atoms with Crippen LogP contribution in [0.2, 0.25) is 0 Å². The van der Waals surface area contributed by atoms with E-state index in [0.29, 0.717) is 34.9 Å². The summed E-state index contributed by atoms with van der Waals surface area (Å²) in [5, 5.41) is 3.32. The molecule has 1 aliphatic rings. The average molecular weight is 611 g/mol. The number of ether oxygens (including phenoxy) is 3. The van der Waals surface area contributed by atoms with Gasteiger partial charge in [0.05, 0.1) is 25.6 Å². The van der Waals surface area contributed by atoms with Gasteiger partial charge in [-0.15, -0.1) is 0 Å². The number of nitrogens with zero attached hydrogens (tertiary/aromatic N) is 5. The topological polar surface area (TPSA) is 92.3 Å². The first-order valence-corrected chi connectivity index (χ1v) is 15.2. The fraction of sp³-hybridized carbons (Fsp3) is 0.343. The van der Waals surface area contributed by atoms with Gasteiger partial charge in [-0.05, 0) is 75.2 Å². The molecule has 1 saturated heterocycles. The fourth-order valence-corrected chi connectivity index (χ4v) is 5.40. The van der Waals surface area contributed by atoms with E-state index in [0.717, 1.165) is 48.6 Å². The summed E-state index contributed by atoms with van der Waals surface area (Å²) in [7, 11) is 4.72. The van der Waals surface area contributed by atoms with Crippen molar-refractivity contribution in [2.75, 3.05) is 62.6 Å². The Morgan fingerprint density at radius 2 is 1.64 bits per heavy atom. The summed E-state index contributed by atoms with van der Waals surface area (Å²) < 4.78 is 16.6. The van der Waals surface area contributed by atoms with Crippen molar-refractivity contribution in [1.82, 2.24) is 14.9 Å². The number of methoxy groups -OCH3 is 2. The lowest BCUT2D eigenvalue weighted by Gasteiger charge is -2.38. The van der Waals surface area contributed by atoms with Gasteiger partial charge in [0, 0.05) is 68.3 Å². The van der Waals surface area contributed by atoms with Crippen LogP contribution < -0.4 is 29.3 Å². The molecule has 5 rings (SSSR count). The van der Waals surface area contributed by atoms with E-state index in [-0.39, 0.29) is 5.88 Å². The Hall–Kier alpha value is -4.83. The predicted octanol–water partition coefficient (Wildman–Crippen LogP) is 6.69. The lowest BCUT2D eigenvalue weighted by molar-refractivity contribution is 0.207. The number of aryl methyl sites for hydroxylation is 1. The van der Waals surface area contributed by atoms with Gasteiger partial charge in [0.2, 0.25) is 11.8 Å². The molecule has 0 aliphatic carbocycles. The van der Waals surface area contributed by atoms with Gasteiger partial charge >= 0.3 is 6.09 Å². The monoisotopic (exact) mass is 610 g/mol. The summed E-state index contributed by atoms with van der Waals surface area (Å²) in [6.07, 6.45) is -0.639. The quantitative estimate of drug-likeness (QED) is 0.223. The molecule has 1 aliphatic heterocycles. The molecule has 0 bridgehead atoms. The van der Waals surface area contributed by atoms with E-state index in [9.17, 15) is 4.79 Å². The molecule has 4 aromatic rings. The summed E-state index contributed by atoms with van der Waals surface area (Å²) in [5.41, 5.74) is 6.28. The Bertz CT molecular complexity index is 1630. The number of anilines is 4. The van der Waals surface area contributed by atoms with Crippen molar-refractivity contribution >= 4 is 29.1 Å². The number of hydrogen-bond donors (Lipinski definition) is 1. The van der Waals surface area contributed by atoms with Crippen LogP contribution >= 0.6 is 0 Å². The van der Waals surface area contributed by atoms with Gasteiger partial charge in [-0.2, -0.15) is 4.98 Å². The molecule has 0 saturated carbocycles. The van der Waals surface area contributed by atoms with Crippen molar-refractivity contribution in [2.24, 2.45) is 0 Å². The molecule has 3 aromatic carbocycles. The van der Waals surface area contributed by atoms with Crippen LogP contribution in [0.4, 0.5) is 27.8 Å². The van der Waals surface area contributed by atoms with Gasteiger partial charge in [0.25, 0.3) is 0 Å². The maximum Gasteiger partial charge on any atom is 0.420 e. The molecule has 0 spiro atoms. The van der Waals surface area contributed by atoms with Gasteiger partial charge in [0.15, 0.2) is 0 Å². The number of rotatable bonds is 9. The lowest BCUT2D eigenvalue weighted by Crippen LogP contribution is -2.48. The summed E-state index contributed by atoms with van der Waals surface area (Å²) in [6, 6.07) is 21.8. The number of carbonyl (C=O) groups excluding carboxylic acids is 1. The van der Waals surface area contributed by atoms with E-state index < -0.39 is 6.09 Å². The van der Waals surface area contributed by atoms with Crippen LogP contribution in [0.15, 0.2) is 66.7 Å². The third-order valence-corrected chi connectivity index (χ3v) is 8.33. The van der Waals surface area contributed by atoms with E-state index in [1.165, 1.54) is 10.6 Å². The highest BCUT2D eigenvalue weighted by Gasteiger charge is 2.21. The molecule has 1 amide bonds. The smallest absolute Gasteiger partial charge is 0.420 e. The molecule has 1 fully saturated rings. The number of aromatic nitrogens is 2. The van der Waals surface area contributed by atoms with E-state index in [1.54, 1.807) is 45.5 Å². The normalized spacial score (nSPS) is 13.5. The number of nitrogens with one attached hydrogen (secondary N) is 1. The fourth-order valence-electron chi connectivity index (χ4n) is 5.40. The van der Waals surface area contributed by atoms with Crippen molar-refractivity contribution in [3.05, 3.63) is 77.9 Å². The molecule has 1 aromatic heterocycles. The third-order valence-electron chi connectivity index (χ3n) is 8.33. The van der Waals surface area contributed by atoms with Crippen LogP contribution in [0.5, 0.6) is 17.4 Å². The molecule has 10 nitrogen and oxygen atoms in total. The molecule has 2 heterocycles. The number of amides is 1. The van der Waals surface area contributed by atoms with Crippen LogP contribution in [0.25, 0.3) is 11.3 Å². The molecule has 45 heavy (non-hydrogen) atoms. The zero-order valence-corrected chi connectivity index (χ0v) is 27.1. The summed E-state index contributed by atoms with van der Waals surface area (Å²) in [6.45, 7) is 12.7. The molecule has 0 atom stereocenters. The van der Waals surface area contributed by atoms with Crippen LogP contribution in [0, 0.1) is 13.8 Å². The van der Waals surface area contributed by atoms with Gasteiger partial charge in [-0.25, -0.2) is 9.78 Å². The lowest BCUT2D eigenvalue weighted by atomic mass is 10.0. The van der Waals surface area contributed by atoms with Crippen LogP contribution in [-0.4, -0.2) is 74.4 Å². The summed E-state index contributed by atoms with van der Waals surface area (Å²) in [4.78, 5) is 29.0. The van der Waals surface area contributed by atoms with E-state index in [4.69, 9.17) is 19.2 Å². The minimum Gasteiger partial charge on any atom is -0.497 e. The van der Waals surface area contributed by atoms with Gasteiger partial charge < -0.3 is 24.4 Å². The minimum absolute atomic E-state index is 0.113. The highest BCUT2D eigenvalue weighted by molar-refractivity contribution is 5.90. The second kappa shape index (κ2) is 13.9. The molecule has 236 valence electrons. The van der Waals surface area contributed by atoms with Crippen LogP contribution in [0.1, 0.15) is 25.0 Å². The van der Waals surface area contributed by atoms with E-state index in [2.05, 4.69) is 59.1 Å². The number of carbonyl (C=O) groups is 1. The second-order valence-electron chi connectivity index (χ2n) is 11.4. The van der Waals surface area contributed by atoms with Gasteiger partial charge in [-0.1, -0.05) is 18.2 Å². The number of benzene rings is 3. The third kappa shape index (κ3) is 7.29. The molecule has 0 radical (unpaired) electrons. The molecular weight excluding hydrogens is 568 g/mol. The highest BCUT2D eigenvalue weighted by Crippen LogP contribution is 2.33. The Morgan fingerprint density at radius 1 is 0.911 bits per heavy atom. The maximum atomic E-state index is 13.4.